The van der Waals surface area contributed by atoms with Crippen LogP contribution in [0.4, 0.5) is 24.9 Å². The predicted octanol–water partition coefficient (Wildman–Crippen LogP) is 4.38. The number of halogens is 4. The Morgan fingerprint density at radius 2 is 1.73 bits per heavy atom. The van der Waals surface area contributed by atoms with Crippen LogP contribution in [0.3, 0.4) is 0 Å². The van der Waals surface area contributed by atoms with E-state index in [0.29, 0.717) is 42.2 Å². The zero-order valence-corrected chi connectivity index (χ0v) is 21.5. The Kier molecular flexibility index (Phi) is 7.55. The maximum Gasteiger partial charge on any atom is 0.490 e. The minimum absolute atomic E-state index is 0.0296. The van der Waals surface area contributed by atoms with Gasteiger partial charge < -0.3 is 20.3 Å². The van der Waals surface area contributed by atoms with E-state index < -0.39 is 29.6 Å². The van der Waals surface area contributed by atoms with Crippen LogP contribution in [-0.2, 0) is 14.3 Å². The van der Waals surface area contributed by atoms with Gasteiger partial charge in [0.25, 0.3) is 5.91 Å². The normalized spacial score (nSPS) is 25.2. The van der Waals surface area contributed by atoms with E-state index in [0.717, 1.165) is 11.4 Å². The number of hydrogen-bond donors (Lipinski definition) is 2. The molecule has 0 aliphatic heterocycles. The molecule has 1 amide bonds. The van der Waals surface area contributed by atoms with Gasteiger partial charge in [-0.1, -0.05) is 23.7 Å². The molecule has 200 valence electrons. The van der Waals surface area contributed by atoms with Crippen LogP contribution in [0.15, 0.2) is 30.5 Å². The van der Waals surface area contributed by atoms with E-state index in [1.54, 1.807) is 30.5 Å². The number of aromatic nitrogens is 2. The summed E-state index contributed by atoms with van der Waals surface area (Å²) >= 11 is 5.91. The lowest BCUT2D eigenvalue weighted by Gasteiger charge is -2.31. The molecule has 2 N–H and O–H groups in total. The third-order valence-electron chi connectivity index (χ3n) is 6.84. The van der Waals surface area contributed by atoms with Gasteiger partial charge in [-0.3, -0.25) is 4.79 Å². The third kappa shape index (κ3) is 6.08. The maximum absolute atomic E-state index is 13.2. The number of alkyl halides is 3. The molecule has 1 aromatic heterocycles. The summed E-state index contributed by atoms with van der Waals surface area (Å²) in [5.74, 6) is -2.43. The van der Waals surface area contributed by atoms with Crippen molar-refractivity contribution in [1.29, 1.82) is 0 Å². The summed E-state index contributed by atoms with van der Waals surface area (Å²) in [5, 5.41) is 6.61. The highest BCUT2D eigenvalue weighted by Crippen LogP contribution is 2.55. The Morgan fingerprint density at radius 1 is 1.11 bits per heavy atom. The van der Waals surface area contributed by atoms with E-state index in [1.165, 1.54) is 0 Å². The quantitative estimate of drug-likeness (QED) is 0.504. The predicted molar refractivity (Wildman–Crippen MR) is 133 cm³/mol. The number of carbonyl (C=O) groups excluding carboxylic acids is 2. The lowest BCUT2D eigenvalue weighted by atomic mass is 9.91. The number of aryl methyl sites for hydroxylation is 1. The topological polar surface area (TPSA) is 96.4 Å². The van der Waals surface area contributed by atoms with Gasteiger partial charge in [0.2, 0.25) is 5.95 Å². The second kappa shape index (κ2) is 10.4. The zero-order chi connectivity index (χ0) is 27.0. The molecule has 1 aromatic carbocycles. The van der Waals surface area contributed by atoms with Crippen molar-refractivity contribution in [3.05, 3.63) is 46.6 Å². The second-order valence-corrected chi connectivity index (χ2v) is 10.3. The number of benzene rings is 1. The fraction of sp³-hybridized carbons (Fsp3) is 0.520. The van der Waals surface area contributed by atoms with E-state index in [2.05, 4.69) is 20.6 Å². The fourth-order valence-corrected chi connectivity index (χ4v) is 4.91. The molecule has 0 bridgehead atoms. The monoisotopic (exact) mass is 539 g/mol. The van der Waals surface area contributed by atoms with Gasteiger partial charge in [-0.25, -0.2) is 9.78 Å². The molecular weight excluding hydrogens is 511 g/mol. The molecule has 2 unspecified atom stereocenters. The van der Waals surface area contributed by atoms with Crippen LogP contribution in [0.2, 0.25) is 5.02 Å². The molecule has 0 spiro atoms. The SMILES string of the molecule is Cc1cnc(NC2CCC(NC(=O)C3(OC(=O)C(F)(F)F)CC3c3ccc(Cl)cc3)CC2)nc1N(C)C. The Morgan fingerprint density at radius 3 is 2.32 bits per heavy atom. The summed E-state index contributed by atoms with van der Waals surface area (Å²) in [4.78, 5) is 35.7. The van der Waals surface area contributed by atoms with E-state index in [-0.39, 0.29) is 18.5 Å². The molecule has 0 saturated heterocycles. The van der Waals surface area contributed by atoms with Gasteiger partial charge in [-0.05, 0) is 50.3 Å². The minimum Gasteiger partial charge on any atom is -0.442 e. The number of rotatable bonds is 7. The van der Waals surface area contributed by atoms with Crippen LogP contribution in [0.25, 0.3) is 0 Å². The Bertz CT molecular complexity index is 1150. The summed E-state index contributed by atoms with van der Waals surface area (Å²) < 4.78 is 43.8. The number of hydrogen-bond acceptors (Lipinski definition) is 7. The summed E-state index contributed by atoms with van der Waals surface area (Å²) in [6, 6.07) is 6.23. The molecule has 8 nitrogen and oxygen atoms in total. The highest BCUT2D eigenvalue weighted by atomic mass is 35.5. The molecule has 2 aliphatic carbocycles. The molecule has 0 radical (unpaired) electrons. The van der Waals surface area contributed by atoms with Crippen molar-refractivity contribution >= 4 is 35.2 Å². The molecule has 2 aromatic rings. The zero-order valence-electron chi connectivity index (χ0n) is 20.7. The van der Waals surface area contributed by atoms with Crippen LogP contribution in [-0.4, -0.2) is 59.8 Å². The van der Waals surface area contributed by atoms with E-state index in [1.807, 2.05) is 25.9 Å². The van der Waals surface area contributed by atoms with Crippen molar-refractivity contribution in [3.63, 3.8) is 0 Å². The first-order valence-electron chi connectivity index (χ1n) is 12.0. The smallest absolute Gasteiger partial charge is 0.442 e. The standard InChI is InChI=1S/C25H29ClF3N5O3/c1-14-13-30-23(33-20(14)34(2)3)32-18-10-8-17(9-11-18)31-21(35)24(37-22(36)25(27,28)29)12-19(24)15-4-6-16(26)7-5-15/h4-7,13,17-19H,8-12H2,1-3H3,(H,31,35)(H,30,32,33). The molecule has 2 fully saturated rings. The average molecular weight is 540 g/mol. The van der Waals surface area contributed by atoms with Crippen LogP contribution in [0, 0.1) is 6.92 Å². The number of amides is 1. The van der Waals surface area contributed by atoms with E-state index in [4.69, 9.17) is 16.3 Å². The largest absolute Gasteiger partial charge is 0.490 e. The Balaban J connectivity index is 1.38. The van der Waals surface area contributed by atoms with E-state index >= 15 is 0 Å². The molecule has 2 atom stereocenters. The number of anilines is 2. The Labute approximate surface area is 217 Å². The molecule has 2 aliphatic rings. The van der Waals surface area contributed by atoms with Crippen LogP contribution in [0.1, 0.15) is 49.1 Å². The molecule has 1 heterocycles. The van der Waals surface area contributed by atoms with Gasteiger partial charge in [0, 0.05) is 55.3 Å². The van der Waals surface area contributed by atoms with Gasteiger partial charge in [-0.2, -0.15) is 18.2 Å². The van der Waals surface area contributed by atoms with Crippen LogP contribution in [0.5, 0.6) is 0 Å². The van der Waals surface area contributed by atoms with Gasteiger partial charge in [0.15, 0.2) is 5.60 Å². The first kappa shape index (κ1) is 27.0. The summed E-state index contributed by atoms with van der Waals surface area (Å²) in [6.07, 6.45) is -0.863. The van der Waals surface area contributed by atoms with Crippen molar-refractivity contribution in [2.75, 3.05) is 24.3 Å². The average Bonchev–Trinajstić information content (AvgIpc) is 3.56. The van der Waals surface area contributed by atoms with Crippen molar-refractivity contribution in [2.45, 2.75) is 68.8 Å². The molecule has 37 heavy (non-hydrogen) atoms. The number of nitrogens with zero attached hydrogens (tertiary/aromatic N) is 3. The Hall–Kier alpha value is -3.08. The fourth-order valence-electron chi connectivity index (χ4n) is 4.79. The first-order valence-corrected chi connectivity index (χ1v) is 12.4. The summed E-state index contributed by atoms with van der Waals surface area (Å²) in [6.45, 7) is 1.93. The van der Waals surface area contributed by atoms with Crippen molar-refractivity contribution in [3.8, 4) is 0 Å². The van der Waals surface area contributed by atoms with Crippen molar-refractivity contribution in [2.24, 2.45) is 0 Å². The highest BCUT2D eigenvalue weighted by Gasteiger charge is 2.66. The number of carbonyl (C=O) groups is 2. The first-order chi connectivity index (χ1) is 17.4. The third-order valence-corrected chi connectivity index (χ3v) is 7.09. The lowest BCUT2D eigenvalue weighted by molar-refractivity contribution is -0.207. The minimum atomic E-state index is -5.20. The van der Waals surface area contributed by atoms with E-state index in [9.17, 15) is 22.8 Å². The van der Waals surface area contributed by atoms with Crippen molar-refractivity contribution in [1.82, 2.24) is 15.3 Å². The highest BCUT2D eigenvalue weighted by molar-refractivity contribution is 6.30. The summed E-state index contributed by atoms with van der Waals surface area (Å²) in [7, 11) is 3.81. The molecular formula is C25H29ClF3N5O3. The molecule has 12 heteroatoms. The number of nitrogens with one attached hydrogen (secondary N) is 2. The van der Waals surface area contributed by atoms with Crippen LogP contribution >= 0.6 is 11.6 Å². The maximum atomic E-state index is 13.2. The molecule has 4 rings (SSSR count). The van der Waals surface area contributed by atoms with Crippen LogP contribution < -0.4 is 15.5 Å². The van der Waals surface area contributed by atoms with Gasteiger partial charge in [0.1, 0.15) is 5.82 Å². The van der Waals surface area contributed by atoms with Crippen molar-refractivity contribution < 1.29 is 27.5 Å². The van der Waals surface area contributed by atoms with Gasteiger partial charge in [0.05, 0.1) is 0 Å². The van der Waals surface area contributed by atoms with Gasteiger partial charge in [-0.15, -0.1) is 0 Å². The molecule has 2 saturated carbocycles. The second-order valence-electron chi connectivity index (χ2n) is 9.85. The summed E-state index contributed by atoms with van der Waals surface area (Å²) in [5.41, 5.74) is -0.356. The van der Waals surface area contributed by atoms with Gasteiger partial charge >= 0.3 is 12.1 Å². The number of esters is 1. The number of ether oxygens (including phenoxy) is 1. The lowest BCUT2D eigenvalue weighted by Crippen LogP contribution is -2.48.